The summed E-state index contributed by atoms with van der Waals surface area (Å²) in [5.41, 5.74) is 4.76. The zero-order valence-electron chi connectivity index (χ0n) is 18.3. The van der Waals surface area contributed by atoms with Gasteiger partial charge in [-0.1, -0.05) is 78.3 Å². The molecule has 1 aromatic heterocycles. The van der Waals surface area contributed by atoms with Gasteiger partial charge in [0.2, 0.25) is 0 Å². The zero-order chi connectivity index (χ0) is 23.8. The standard InChI is InChI=1S/C27H26ClNO5/c28-21-8-4-7-19-20(27-26(33)25(32)24(31)22(15-30)34-27)14-29(23(19)21)13-16-9-11-18(12-10-16)17-5-2-1-3-6-17/h1-12,14,22,24-27,30-33H,13,15H2/t22-,24-,25+,26-,27+/m1/s1. The Morgan fingerprint density at radius 2 is 1.50 bits per heavy atom. The number of aromatic nitrogens is 1. The van der Waals surface area contributed by atoms with Crippen molar-refractivity contribution in [2.45, 2.75) is 37.1 Å². The summed E-state index contributed by atoms with van der Waals surface area (Å²) in [7, 11) is 0. The van der Waals surface area contributed by atoms with E-state index in [0.717, 1.165) is 27.6 Å². The Hall–Kier alpha value is -2.71. The molecule has 0 radical (unpaired) electrons. The van der Waals surface area contributed by atoms with Crippen LogP contribution in [-0.2, 0) is 11.3 Å². The van der Waals surface area contributed by atoms with Crippen molar-refractivity contribution < 1.29 is 25.2 Å². The van der Waals surface area contributed by atoms with Gasteiger partial charge in [-0.15, -0.1) is 0 Å². The Morgan fingerprint density at radius 3 is 2.21 bits per heavy atom. The predicted octanol–water partition coefficient (Wildman–Crippen LogP) is 3.52. The quantitative estimate of drug-likeness (QED) is 0.351. The molecule has 5 atom stereocenters. The highest BCUT2D eigenvalue weighted by Crippen LogP contribution is 2.39. The monoisotopic (exact) mass is 479 g/mol. The maximum Gasteiger partial charge on any atom is 0.114 e. The predicted molar refractivity (Wildman–Crippen MR) is 131 cm³/mol. The van der Waals surface area contributed by atoms with Crippen LogP contribution in [0, 0.1) is 0 Å². The van der Waals surface area contributed by atoms with Crippen molar-refractivity contribution in [2.75, 3.05) is 6.61 Å². The summed E-state index contributed by atoms with van der Waals surface area (Å²) in [6, 6.07) is 24.0. The minimum Gasteiger partial charge on any atom is -0.394 e. The molecule has 7 heteroatoms. The number of fused-ring (bicyclic) bond motifs is 1. The van der Waals surface area contributed by atoms with Crippen LogP contribution in [0.4, 0.5) is 0 Å². The molecule has 34 heavy (non-hydrogen) atoms. The van der Waals surface area contributed by atoms with E-state index in [1.54, 1.807) is 6.07 Å². The van der Waals surface area contributed by atoms with Crippen molar-refractivity contribution in [3.05, 3.63) is 95.1 Å². The number of benzene rings is 3. The van der Waals surface area contributed by atoms with Gasteiger partial charge in [0.25, 0.3) is 0 Å². The van der Waals surface area contributed by atoms with E-state index >= 15 is 0 Å². The number of hydrogen-bond acceptors (Lipinski definition) is 5. The summed E-state index contributed by atoms with van der Waals surface area (Å²) in [5, 5.41) is 42.1. The third-order valence-electron chi connectivity index (χ3n) is 6.49. The first-order valence-corrected chi connectivity index (χ1v) is 11.6. The molecule has 5 rings (SSSR count). The lowest BCUT2D eigenvalue weighted by Crippen LogP contribution is -2.55. The zero-order valence-corrected chi connectivity index (χ0v) is 19.1. The van der Waals surface area contributed by atoms with Gasteiger partial charge in [0.1, 0.15) is 30.5 Å². The molecule has 3 aromatic carbocycles. The molecule has 0 aliphatic carbocycles. The van der Waals surface area contributed by atoms with E-state index in [4.69, 9.17) is 16.3 Å². The second-order valence-electron chi connectivity index (χ2n) is 8.66. The van der Waals surface area contributed by atoms with Gasteiger partial charge in [-0.25, -0.2) is 0 Å². The molecular weight excluding hydrogens is 454 g/mol. The van der Waals surface area contributed by atoms with Crippen LogP contribution in [-0.4, -0.2) is 56.0 Å². The van der Waals surface area contributed by atoms with E-state index < -0.39 is 37.1 Å². The SMILES string of the molecule is OC[C@H]1O[C@@H](c2cn(Cc3ccc(-c4ccccc4)cc3)c3c(Cl)cccc23)[C@H](O)[C@@H](O)[C@@H]1O. The van der Waals surface area contributed by atoms with Gasteiger partial charge >= 0.3 is 0 Å². The highest BCUT2D eigenvalue weighted by atomic mass is 35.5. The number of para-hydroxylation sites is 1. The van der Waals surface area contributed by atoms with Gasteiger partial charge in [0, 0.05) is 23.7 Å². The Labute approximate surface area is 202 Å². The van der Waals surface area contributed by atoms with Gasteiger partial charge in [-0.2, -0.15) is 0 Å². The number of ether oxygens (including phenoxy) is 1. The molecular formula is C27H26ClNO5. The van der Waals surface area contributed by atoms with E-state index in [1.807, 2.05) is 41.1 Å². The van der Waals surface area contributed by atoms with Crippen molar-refractivity contribution in [3.8, 4) is 11.1 Å². The number of nitrogens with zero attached hydrogens (tertiary/aromatic N) is 1. The highest BCUT2D eigenvalue weighted by Gasteiger charge is 2.44. The fraction of sp³-hybridized carbons (Fsp3) is 0.259. The molecule has 1 fully saturated rings. The largest absolute Gasteiger partial charge is 0.394 e. The number of halogens is 1. The fourth-order valence-corrected chi connectivity index (χ4v) is 4.97. The molecule has 4 N–H and O–H groups in total. The highest BCUT2D eigenvalue weighted by molar-refractivity contribution is 6.35. The summed E-state index contributed by atoms with van der Waals surface area (Å²) >= 11 is 6.58. The van der Waals surface area contributed by atoms with Gasteiger partial charge < -0.3 is 29.7 Å². The van der Waals surface area contributed by atoms with Crippen LogP contribution >= 0.6 is 11.6 Å². The van der Waals surface area contributed by atoms with Crippen LogP contribution in [0.25, 0.3) is 22.0 Å². The maximum atomic E-state index is 10.7. The summed E-state index contributed by atoms with van der Waals surface area (Å²) in [4.78, 5) is 0. The number of aliphatic hydroxyl groups excluding tert-OH is 4. The van der Waals surface area contributed by atoms with Gasteiger partial charge in [-0.3, -0.25) is 0 Å². The molecule has 0 bridgehead atoms. The van der Waals surface area contributed by atoms with Gasteiger partial charge in [0.15, 0.2) is 0 Å². The van der Waals surface area contributed by atoms with Crippen LogP contribution < -0.4 is 0 Å². The molecule has 6 nitrogen and oxygen atoms in total. The molecule has 4 aromatic rings. The Kier molecular flexibility index (Phi) is 6.44. The van der Waals surface area contributed by atoms with E-state index in [9.17, 15) is 20.4 Å². The second-order valence-corrected chi connectivity index (χ2v) is 9.07. The topological polar surface area (TPSA) is 95.1 Å². The van der Waals surface area contributed by atoms with Crippen LogP contribution in [0.15, 0.2) is 79.0 Å². The minimum atomic E-state index is -1.45. The minimum absolute atomic E-state index is 0.478. The van der Waals surface area contributed by atoms with Crippen molar-refractivity contribution in [1.82, 2.24) is 4.57 Å². The first-order chi connectivity index (χ1) is 16.5. The third kappa shape index (κ3) is 4.14. The molecule has 0 spiro atoms. The molecule has 176 valence electrons. The van der Waals surface area contributed by atoms with Crippen LogP contribution in [0.1, 0.15) is 17.2 Å². The lowest BCUT2D eigenvalue weighted by molar-refractivity contribution is -0.231. The molecule has 0 saturated carbocycles. The Bertz CT molecular complexity index is 1270. The number of hydrogen-bond donors (Lipinski definition) is 4. The maximum absolute atomic E-state index is 10.7. The van der Waals surface area contributed by atoms with Crippen molar-refractivity contribution in [2.24, 2.45) is 0 Å². The van der Waals surface area contributed by atoms with Crippen LogP contribution in [0.3, 0.4) is 0 Å². The van der Waals surface area contributed by atoms with E-state index in [0.29, 0.717) is 17.1 Å². The number of rotatable bonds is 5. The first kappa shape index (κ1) is 23.1. The molecule has 0 unspecified atom stereocenters. The van der Waals surface area contributed by atoms with Gasteiger partial charge in [-0.05, 0) is 22.8 Å². The lowest BCUT2D eigenvalue weighted by Gasteiger charge is -2.40. The average Bonchev–Trinajstić information content (AvgIpc) is 3.23. The Balaban J connectivity index is 1.51. The molecule has 1 saturated heterocycles. The molecule has 0 amide bonds. The normalized spacial score (nSPS) is 25.0. The van der Waals surface area contributed by atoms with Crippen LogP contribution in [0.2, 0.25) is 5.02 Å². The molecule has 1 aliphatic heterocycles. The summed E-state index contributed by atoms with van der Waals surface area (Å²) in [6.07, 6.45) is -4.27. The second kappa shape index (κ2) is 9.50. The van der Waals surface area contributed by atoms with Crippen LogP contribution in [0.5, 0.6) is 0 Å². The smallest absolute Gasteiger partial charge is 0.114 e. The molecule has 1 aliphatic rings. The van der Waals surface area contributed by atoms with E-state index in [1.165, 1.54) is 0 Å². The van der Waals surface area contributed by atoms with E-state index in [-0.39, 0.29) is 0 Å². The van der Waals surface area contributed by atoms with Crippen molar-refractivity contribution in [3.63, 3.8) is 0 Å². The number of aliphatic hydroxyl groups is 4. The van der Waals surface area contributed by atoms with Crippen molar-refractivity contribution in [1.29, 1.82) is 0 Å². The summed E-state index contributed by atoms with van der Waals surface area (Å²) in [5.74, 6) is 0. The van der Waals surface area contributed by atoms with Gasteiger partial charge in [0.05, 0.1) is 17.1 Å². The first-order valence-electron chi connectivity index (χ1n) is 11.2. The fourth-order valence-electron chi connectivity index (χ4n) is 4.68. The van der Waals surface area contributed by atoms with Crippen molar-refractivity contribution >= 4 is 22.5 Å². The summed E-state index contributed by atoms with van der Waals surface area (Å²) in [6.45, 7) is 0.0569. The van der Waals surface area contributed by atoms with E-state index in [2.05, 4.69) is 36.4 Å². The third-order valence-corrected chi connectivity index (χ3v) is 6.80. The Morgan fingerprint density at radius 1 is 0.794 bits per heavy atom. The molecule has 2 heterocycles. The average molecular weight is 480 g/mol. The lowest BCUT2D eigenvalue weighted by atomic mass is 9.91. The summed E-state index contributed by atoms with van der Waals surface area (Å²) < 4.78 is 7.82.